The number of aryl methyl sites for hydroxylation is 4. The van der Waals surface area contributed by atoms with E-state index in [2.05, 4.69) is 20.4 Å². The van der Waals surface area contributed by atoms with Gasteiger partial charge in [0, 0.05) is 18.3 Å². The fourth-order valence-electron chi connectivity index (χ4n) is 2.56. The largest absolute Gasteiger partial charge is 0.361 e. The Bertz CT molecular complexity index is 929. The third kappa shape index (κ3) is 3.45. The Kier molecular flexibility index (Phi) is 4.39. The predicted octanol–water partition coefficient (Wildman–Crippen LogP) is 3.52. The van der Waals surface area contributed by atoms with E-state index in [9.17, 15) is 4.79 Å². The second-order valence-electron chi connectivity index (χ2n) is 6.19. The number of fused-ring (bicyclic) bond motifs is 1. The van der Waals surface area contributed by atoms with Crippen LogP contribution in [0.3, 0.4) is 0 Å². The Morgan fingerprint density at radius 1 is 1.08 bits per heavy atom. The molecule has 2 aromatic heterocycles. The number of carbonyl (C=O) groups excluding carboxylic acids is 1. The number of rotatable bonds is 3. The first kappa shape index (κ1) is 16.9. The Hall–Kier alpha value is -2.96. The second kappa shape index (κ2) is 6.51. The van der Waals surface area contributed by atoms with E-state index in [4.69, 9.17) is 4.52 Å². The van der Waals surface area contributed by atoms with Gasteiger partial charge in [0.1, 0.15) is 5.76 Å². The van der Waals surface area contributed by atoms with Gasteiger partial charge in [0.05, 0.1) is 34.7 Å². The molecule has 2 heterocycles. The first-order chi connectivity index (χ1) is 11.8. The second-order valence-corrected chi connectivity index (χ2v) is 6.19. The highest BCUT2D eigenvalue weighted by Crippen LogP contribution is 2.19. The first-order valence-electron chi connectivity index (χ1n) is 8.04. The molecule has 0 atom stereocenters. The lowest BCUT2D eigenvalue weighted by atomic mass is 10.2. The van der Waals surface area contributed by atoms with Crippen LogP contribution in [0.5, 0.6) is 0 Å². The van der Waals surface area contributed by atoms with E-state index in [1.807, 2.05) is 45.9 Å². The molecule has 2 amide bonds. The van der Waals surface area contributed by atoms with Crippen molar-refractivity contribution in [2.24, 2.45) is 0 Å². The molecule has 0 bridgehead atoms. The molecule has 1 aromatic carbocycles. The highest BCUT2D eigenvalue weighted by atomic mass is 16.5. The number of benzene rings is 1. The van der Waals surface area contributed by atoms with Crippen LogP contribution in [0.15, 0.2) is 22.7 Å². The molecule has 7 nitrogen and oxygen atoms in total. The first-order valence-corrected chi connectivity index (χ1v) is 8.04. The molecule has 0 aliphatic rings. The fourth-order valence-corrected chi connectivity index (χ4v) is 2.56. The summed E-state index contributed by atoms with van der Waals surface area (Å²) in [4.78, 5) is 23.1. The number of urea groups is 1. The van der Waals surface area contributed by atoms with Crippen LogP contribution in [0.25, 0.3) is 11.0 Å². The molecule has 0 saturated heterocycles. The van der Waals surface area contributed by atoms with E-state index in [0.717, 1.165) is 39.4 Å². The molecule has 0 fully saturated rings. The smallest absolute Gasteiger partial charge is 0.321 e. The van der Waals surface area contributed by atoms with Crippen molar-refractivity contribution < 1.29 is 9.32 Å². The minimum atomic E-state index is -0.212. The van der Waals surface area contributed by atoms with Crippen molar-refractivity contribution in [1.29, 1.82) is 0 Å². The van der Waals surface area contributed by atoms with Crippen molar-refractivity contribution in [3.8, 4) is 0 Å². The van der Waals surface area contributed by atoms with Gasteiger partial charge in [0.15, 0.2) is 0 Å². The number of anilines is 1. The zero-order valence-electron chi connectivity index (χ0n) is 15.0. The molecule has 3 rings (SSSR count). The van der Waals surface area contributed by atoms with Gasteiger partial charge < -0.3 is 14.7 Å². The summed E-state index contributed by atoms with van der Waals surface area (Å²) in [6.07, 6.45) is 0. The van der Waals surface area contributed by atoms with Crippen LogP contribution < -0.4 is 5.32 Å². The van der Waals surface area contributed by atoms with E-state index >= 15 is 0 Å². The molecule has 0 aliphatic heterocycles. The molecule has 0 unspecified atom stereocenters. The topological polar surface area (TPSA) is 84.2 Å². The zero-order chi connectivity index (χ0) is 18.1. The lowest BCUT2D eigenvalue weighted by molar-refractivity contribution is 0.220. The number of carbonyl (C=O) groups is 1. The van der Waals surface area contributed by atoms with Crippen molar-refractivity contribution >= 4 is 22.8 Å². The van der Waals surface area contributed by atoms with E-state index in [1.165, 1.54) is 0 Å². The molecule has 0 spiro atoms. The Morgan fingerprint density at radius 3 is 2.40 bits per heavy atom. The molecule has 3 aromatic rings. The number of aromatic nitrogens is 3. The van der Waals surface area contributed by atoms with Gasteiger partial charge in [-0.3, -0.25) is 0 Å². The van der Waals surface area contributed by atoms with E-state index < -0.39 is 0 Å². The molecule has 0 aliphatic carbocycles. The van der Waals surface area contributed by atoms with Crippen LogP contribution in [-0.2, 0) is 6.54 Å². The lowest BCUT2D eigenvalue weighted by Gasteiger charge is -2.18. The highest BCUT2D eigenvalue weighted by molar-refractivity contribution is 5.91. The lowest BCUT2D eigenvalue weighted by Crippen LogP contribution is -2.31. The zero-order valence-corrected chi connectivity index (χ0v) is 15.0. The summed E-state index contributed by atoms with van der Waals surface area (Å²) < 4.78 is 5.14. The van der Waals surface area contributed by atoms with Crippen LogP contribution in [-0.4, -0.2) is 33.1 Å². The van der Waals surface area contributed by atoms with Crippen molar-refractivity contribution in [2.75, 3.05) is 12.4 Å². The third-order valence-corrected chi connectivity index (χ3v) is 4.25. The molecular formula is C18H21N5O2. The predicted molar refractivity (Wildman–Crippen MR) is 95.5 cm³/mol. The third-order valence-electron chi connectivity index (χ3n) is 4.25. The van der Waals surface area contributed by atoms with Gasteiger partial charge in [-0.2, -0.15) is 0 Å². The van der Waals surface area contributed by atoms with Gasteiger partial charge in [-0.1, -0.05) is 5.16 Å². The van der Waals surface area contributed by atoms with Gasteiger partial charge in [-0.15, -0.1) is 0 Å². The monoisotopic (exact) mass is 339 g/mol. The van der Waals surface area contributed by atoms with Crippen molar-refractivity contribution in [2.45, 2.75) is 34.2 Å². The number of nitrogens with zero attached hydrogens (tertiary/aromatic N) is 4. The number of nitrogens with one attached hydrogen (secondary N) is 1. The Labute approximate surface area is 146 Å². The van der Waals surface area contributed by atoms with Crippen LogP contribution in [0, 0.1) is 27.7 Å². The molecular weight excluding hydrogens is 318 g/mol. The molecule has 0 saturated carbocycles. The molecule has 1 N–H and O–H groups in total. The summed E-state index contributed by atoms with van der Waals surface area (Å²) in [6.45, 7) is 7.99. The fraction of sp³-hybridized carbons (Fsp3) is 0.333. The minimum Gasteiger partial charge on any atom is -0.361 e. The SMILES string of the molecule is Cc1nc2ccc(NC(=O)N(C)Cc3c(C)noc3C)cc2nc1C. The summed E-state index contributed by atoms with van der Waals surface area (Å²) in [5.41, 5.74) is 5.76. The highest BCUT2D eigenvalue weighted by Gasteiger charge is 2.15. The molecule has 25 heavy (non-hydrogen) atoms. The van der Waals surface area contributed by atoms with Crippen LogP contribution in [0.4, 0.5) is 10.5 Å². The average Bonchev–Trinajstić information content (AvgIpc) is 2.88. The number of amides is 2. The molecule has 130 valence electrons. The number of hydrogen-bond donors (Lipinski definition) is 1. The van der Waals surface area contributed by atoms with E-state index in [1.54, 1.807) is 11.9 Å². The van der Waals surface area contributed by atoms with Gasteiger partial charge in [0.25, 0.3) is 0 Å². The van der Waals surface area contributed by atoms with Gasteiger partial charge >= 0.3 is 6.03 Å². The summed E-state index contributed by atoms with van der Waals surface area (Å²) in [6, 6.07) is 5.30. The summed E-state index contributed by atoms with van der Waals surface area (Å²) in [5, 5.41) is 6.80. The standard InChI is InChI=1S/C18H21N5O2/c1-10-11(2)20-17-8-14(6-7-16(17)19-10)21-18(24)23(5)9-15-12(3)22-25-13(15)4/h6-8H,9H2,1-5H3,(H,21,24). The van der Waals surface area contributed by atoms with Gasteiger partial charge in [-0.05, 0) is 45.9 Å². The maximum absolute atomic E-state index is 12.4. The van der Waals surface area contributed by atoms with Crippen molar-refractivity contribution in [3.05, 3.63) is 46.6 Å². The minimum absolute atomic E-state index is 0.212. The quantitative estimate of drug-likeness (QED) is 0.789. The van der Waals surface area contributed by atoms with Crippen molar-refractivity contribution in [3.63, 3.8) is 0 Å². The van der Waals surface area contributed by atoms with Crippen LogP contribution >= 0.6 is 0 Å². The molecule has 0 radical (unpaired) electrons. The van der Waals surface area contributed by atoms with Gasteiger partial charge in [-0.25, -0.2) is 14.8 Å². The van der Waals surface area contributed by atoms with Gasteiger partial charge in [0.2, 0.25) is 0 Å². The van der Waals surface area contributed by atoms with Crippen LogP contribution in [0.2, 0.25) is 0 Å². The van der Waals surface area contributed by atoms with Crippen LogP contribution in [0.1, 0.15) is 28.4 Å². The molecule has 7 heteroatoms. The summed E-state index contributed by atoms with van der Waals surface area (Å²) >= 11 is 0. The van der Waals surface area contributed by atoms with E-state index in [-0.39, 0.29) is 6.03 Å². The Balaban J connectivity index is 1.76. The maximum Gasteiger partial charge on any atom is 0.321 e. The average molecular weight is 339 g/mol. The van der Waals surface area contributed by atoms with E-state index in [0.29, 0.717) is 12.2 Å². The number of hydrogen-bond acceptors (Lipinski definition) is 5. The summed E-state index contributed by atoms with van der Waals surface area (Å²) in [5.74, 6) is 0.726. The van der Waals surface area contributed by atoms with Crippen molar-refractivity contribution in [1.82, 2.24) is 20.0 Å². The Morgan fingerprint density at radius 2 is 1.76 bits per heavy atom. The normalized spacial score (nSPS) is 10.9. The summed E-state index contributed by atoms with van der Waals surface area (Å²) in [7, 11) is 1.73. The maximum atomic E-state index is 12.4.